The summed E-state index contributed by atoms with van der Waals surface area (Å²) < 4.78 is 21.9. The molecule has 0 aliphatic heterocycles. The monoisotopic (exact) mass is 491 g/mol. The zero-order chi connectivity index (χ0) is 26.5. The molecule has 36 heavy (non-hydrogen) atoms. The number of nitrogens with one attached hydrogen (secondary N) is 1. The number of benzene rings is 3. The Hall–Kier alpha value is -3.67. The minimum Gasteiger partial charge on any atom is -0.497 e. The minimum absolute atomic E-state index is 0.0883. The third kappa shape index (κ3) is 5.93. The molecule has 0 fully saturated rings. The molecule has 1 N–H and O–H groups in total. The lowest BCUT2D eigenvalue weighted by atomic mass is 9.84. The number of carbonyl (C=O) groups is 1. The van der Waals surface area contributed by atoms with Crippen LogP contribution in [0.5, 0.6) is 23.0 Å². The lowest BCUT2D eigenvalue weighted by Crippen LogP contribution is -2.28. The fourth-order valence-electron chi connectivity index (χ4n) is 4.00. The van der Waals surface area contributed by atoms with Crippen LogP contribution in [0.15, 0.2) is 54.6 Å². The van der Waals surface area contributed by atoms with Crippen molar-refractivity contribution in [3.8, 4) is 23.0 Å². The summed E-state index contributed by atoms with van der Waals surface area (Å²) in [5.41, 5.74) is 3.73. The van der Waals surface area contributed by atoms with Gasteiger partial charge in [-0.2, -0.15) is 0 Å². The van der Waals surface area contributed by atoms with E-state index in [1.807, 2.05) is 48.5 Å². The van der Waals surface area contributed by atoms with Gasteiger partial charge in [0.2, 0.25) is 0 Å². The molecule has 0 aromatic heterocycles. The van der Waals surface area contributed by atoms with Crippen molar-refractivity contribution in [3.63, 3.8) is 0 Å². The Kier molecular flexibility index (Phi) is 8.51. The van der Waals surface area contributed by atoms with Crippen LogP contribution in [0.3, 0.4) is 0 Å². The van der Waals surface area contributed by atoms with Crippen LogP contribution in [-0.2, 0) is 5.41 Å². The van der Waals surface area contributed by atoms with Gasteiger partial charge >= 0.3 is 0 Å². The van der Waals surface area contributed by atoms with Crippen LogP contribution in [0, 0.1) is 0 Å². The van der Waals surface area contributed by atoms with Gasteiger partial charge in [0.05, 0.1) is 28.4 Å². The average Bonchev–Trinajstić information content (AvgIpc) is 2.90. The topological polar surface area (TPSA) is 66.0 Å². The number of ketones is 1. The Balaban J connectivity index is 1.98. The van der Waals surface area contributed by atoms with E-state index in [9.17, 15) is 4.79 Å². The maximum Gasteiger partial charge on any atom is 0.195 e. The molecule has 0 amide bonds. The zero-order valence-corrected chi connectivity index (χ0v) is 22.5. The first-order valence-electron chi connectivity index (χ1n) is 12.0. The first kappa shape index (κ1) is 26.9. The molecule has 0 unspecified atom stereocenters. The van der Waals surface area contributed by atoms with Gasteiger partial charge in [0.1, 0.15) is 11.5 Å². The normalized spacial score (nSPS) is 11.2. The number of hydrogen-bond donors (Lipinski definition) is 1. The number of rotatable bonds is 11. The molecule has 6 nitrogen and oxygen atoms in total. The van der Waals surface area contributed by atoms with Crippen molar-refractivity contribution in [2.75, 3.05) is 40.3 Å². The molecule has 3 aromatic carbocycles. The molecule has 6 heteroatoms. The SMILES string of the molecule is COc1cc(OC)cc(C(C)(C)CNc2cc(OC)c(OC)cc2C(=O)c2ccc(C(C)C)cc2)c1. The molecule has 0 atom stereocenters. The van der Waals surface area contributed by atoms with Gasteiger partial charge in [-0.15, -0.1) is 0 Å². The maximum absolute atomic E-state index is 13.6. The predicted molar refractivity (Wildman–Crippen MR) is 145 cm³/mol. The zero-order valence-electron chi connectivity index (χ0n) is 22.5. The third-order valence-electron chi connectivity index (χ3n) is 6.46. The van der Waals surface area contributed by atoms with Gasteiger partial charge in [0, 0.05) is 40.9 Å². The van der Waals surface area contributed by atoms with Gasteiger partial charge in [0.15, 0.2) is 17.3 Å². The first-order chi connectivity index (χ1) is 17.1. The Labute approximate surface area is 214 Å². The molecule has 3 rings (SSSR count). The molecule has 0 radical (unpaired) electrons. The molecule has 3 aromatic rings. The molecule has 0 aliphatic rings. The second kappa shape index (κ2) is 11.4. The smallest absolute Gasteiger partial charge is 0.195 e. The fourth-order valence-corrected chi connectivity index (χ4v) is 4.00. The van der Waals surface area contributed by atoms with Crippen LogP contribution >= 0.6 is 0 Å². The Morgan fingerprint density at radius 2 is 1.36 bits per heavy atom. The van der Waals surface area contributed by atoms with E-state index in [2.05, 4.69) is 33.0 Å². The number of carbonyl (C=O) groups excluding carboxylic acids is 1. The third-order valence-corrected chi connectivity index (χ3v) is 6.46. The van der Waals surface area contributed by atoms with Gasteiger partial charge in [-0.05, 0) is 35.2 Å². The summed E-state index contributed by atoms with van der Waals surface area (Å²) >= 11 is 0. The molecule has 0 saturated heterocycles. The summed E-state index contributed by atoms with van der Waals surface area (Å²) in [5, 5.41) is 3.50. The van der Waals surface area contributed by atoms with E-state index in [-0.39, 0.29) is 11.2 Å². The summed E-state index contributed by atoms with van der Waals surface area (Å²) in [6.07, 6.45) is 0. The second-order valence-corrected chi connectivity index (χ2v) is 9.70. The number of hydrogen-bond acceptors (Lipinski definition) is 6. The molecular formula is C30H37NO5. The molecule has 0 saturated carbocycles. The average molecular weight is 492 g/mol. The highest BCUT2D eigenvalue weighted by Crippen LogP contribution is 2.36. The van der Waals surface area contributed by atoms with Gasteiger partial charge < -0.3 is 24.3 Å². The molecule has 0 spiro atoms. The van der Waals surface area contributed by atoms with E-state index in [0.29, 0.717) is 40.8 Å². The summed E-state index contributed by atoms with van der Waals surface area (Å²) in [4.78, 5) is 13.6. The van der Waals surface area contributed by atoms with Gasteiger partial charge in [-0.3, -0.25) is 4.79 Å². The highest BCUT2D eigenvalue weighted by molar-refractivity contribution is 6.12. The number of methoxy groups -OCH3 is 4. The Morgan fingerprint density at radius 3 is 1.86 bits per heavy atom. The van der Waals surface area contributed by atoms with Crippen LogP contribution < -0.4 is 24.3 Å². The summed E-state index contributed by atoms with van der Waals surface area (Å²) in [5.74, 6) is 2.81. The molecular weight excluding hydrogens is 454 g/mol. The van der Waals surface area contributed by atoms with Crippen LogP contribution in [0.4, 0.5) is 5.69 Å². The van der Waals surface area contributed by atoms with E-state index in [1.165, 1.54) is 5.56 Å². The summed E-state index contributed by atoms with van der Waals surface area (Å²) in [7, 11) is 6.42. The second-order valence-electron chi connectivity index (χ2n) is 9.70. The van der Waals surface area contributed by atoms with Crippen molar-refractivity contribution in [2.24, 2.45) is 0 Å². The minimum atomic E-state index is -0.311. The lowest BCUT2D eigenvalue weighted by Gasteiger charge is -2.28. The standard InChI is InChI=1S/C30H37NO5/c1-19(2)20-9-11-21(12-10-20)29(32)25-16-27(35-7)28(36-8)17-26(25)31-18-30(3,4)22-13-23(33-5)15-24(14-22)34-6/h9-17,19,31H,18H2,1-8H3. The molecule has 192 valence electrons. The Bertz CT molecular complexity index is 1180. The fraction of sp³-hybridized carbons (Fsp3) is 0.367. The van der Waals surface area contributed by atoms with Crippen LogP contribution in [0.2, 0.25) is 0 Å². The quantitative estimate of drug-likeness (QED) is 0.310. The Morgan fingerprint density at radius 1 is 0.806 bits per heavy atom. The van der Waals surface area contributed by atoms with Gasteiger partial charge in [-0.25, -0.2) is 0 Å². The van der Waals surface area contributed by atoms with Gasteiger partial charge in [0.25, 0.3) is 0 Å². The van der Waals surface area contributed by atoms with E-state index in [4.69, 9.17) is 18.9 Å². The van der Waals surface area contributed by atoms with Gasteiger partial charge in [-0.1, -0.05) is 52.0 Å². The molecule has 0 heterocycles. The van der Waals surface area contributed by atoms with E-state index >= 15 is 0 Å². The van der Waals surface area contributed by atoms with E-state index < -0.39 is 0 Å². The highest BCUT2D eigenvalue weighted by Gasteiger charge is 2.25. The van der Waals surface area contributed by atoms with Crippen molar-refractivity contribution in [1.82, 2.24) is 0 Å². The van der Waals surface area contributed by atoms with E-state index in [0.717, 1.165) is 17.1 Å². The van der Waals surface area contributed by atoms with Crippen LogP contribution in [-0.4, -0.2) is 40.8 Å². The van der Waals surface area contributed by atoms with Crippen LogP contribution in [0.25, 0.3) is 0 Å². The van der Waals surface area contributed by atoms with Crippen molar-refractivity contribution in [1.29, 1.82) is 0 Å². The summed E-state index contributed by atoms with van der Waals surface area (Å²) in [6.45, 7) is 9.06. The van der Waals surface area contributed by atoms with Crippen molar-refractivity contribution in [2.45, 2.75) is 39.0 Å². The van der Waals surface area contributed by atoms with Crippen molar-refractivity contribution < 1.29 is 23.7 Å². The molecule has 0 aliphatic carbocycles. The predicted octanol–water partition coefficient (Wildman–Crippen LogP) is 6.47. The first-order valence-corrected chi connectivity index (χ1v) is 12.0. The highest BCUT2D eigenvalue weighted by atomic mass is 16.5. The largest absolute Gasteiger partial charge is 0.497 e. The number of anilines is 1. The van der Waals surface area contributed by atoms with Crippen molar-refractivity contribution in [3.05, 3.63) is 76.9 Å². The van der Waals surface area contributed by atoms with Crippen LogP contribution in [0.1, 0.15) is 60.7 Å². The lowest BCUT2D eigenvalue weighted by molar-refractivity contribution is 0.103. The maximum atomic E-state index is 13.6. The number of ether oxygens (including phenoxy) is 4. The van der Waals surface area contributed by atoms with E-state index in [1.54, 1.807) is 34.5 Å². The summed E-state index contributed by atoms with van der Waals surface area (Å²) in [6, 6.07) is 17.2. The molecule has 0 bridgehead atoms. The van der Waals surface area contributed by atoms with Crippen molar-refractivity contribution >= 4 is 11.5 Å².